The van der Waals surface area contributed by atoms with Crippen LogP contribution in [-0.4, -0.2) is 24.5 Å². The number of anilines is 2. The van der Waals surface area contributed by atoms with E-state index in [4.69, 9.17) is 21.1 Å². The van der Waals surface area contributed by atoms with E-state index in [1.807, 2.05) is 30.3 Å². The van der Waals surface area contributed by atoms with E-state index in [9.17, 15) is 9.59 Å². The van der Waals surface area contributed by atoms with Crippen LogP contribution >= 0.6 is 11.6 Å². The van der Waals surface area contributed by atoms with Crippen LogP contribution < -0.4 is 19.7 Å². The van der Waals surface area contributed by atoms with E-state index >= 15 is 0 Å². The van der Waals surface area contributed by atoms with Crippen LogP contribution in [0.25, 0.3) is 0 Å². The molecular formula is C25H23ClN2O4. The highest BCUT2D eigenvalue weighted by Crippen LogP contribution is 2.40. The summed E-state index contributed by atoms with van der Waals surface area (Å²) in [5.74, 6) is 0.536. The fraction of sp³-hybridized carbons (Fsp3) is 0.200. The van der Waals surface area contributed by atoms with Crippen molar-refractivity contribution in [3.05, 3.63) is 82.9 Å². The molecule has 0 radical (unpaired) electrons. The predicted octanol–water partition coefficient (Wildman–Crippen LogP) is 5.31. The van der Waals surface area contributed by atoms with Gasteiger partial charge in [-0.15, -0.1) is 0 Å². The summed E-state index contributed by atoms with van der Waals surface area (Å²) in [5, 5.41) is 3.42. The Bertz CT molecular complexity index is 1190. The molecule has 0 saturated heterocycles. The zero-order chi connectivity index (χ0) is 22.9. The van der Waals surface area contributed by atoms with Crippen LogP contribution in [0.15, 0.2) is 66.7 Å². The summed E-state index contributed by atoms with van der Waals surface area (Å²) in [6.45, 7) is 3.70. The number of benzene rings is 3. The first-order chi connectivity index (χ1) is 15.3. The van der Waals surface area contributed by atoms with E-state index in [2.05, 4.69) is 5.32 Å². The lowest BCUT2D eigenvalue weighted by molar-refractivity contribution is -0.132. The summed E-state index contributed by atoms with van der Waals surface area (Å²) < 4.78 is 11.2. The van der Waals surface area contributed by atoms with E-state index < -0.39 is 5.60 Å². The van der Waals surface area contributed by atoms with Gasteiger partial charge in [0.25, 0.3) is 11.8 Å². The predicted molar refractivity (Wildman–Crippen MR) is 125 cm³/mol. The van der Waals surface area contributed by atoms with Crippen molar-refractivity contribution in [1.29, 1.82) is 0 Å². The third kappa shape index (κ3) is 4.14. The van der Waals surface area contributed by atoms with E-state index in [1.165, 1.54) is 0 Å². The number of carbonyl (C=O) groups excluding carboxylic acids is 2. The third-order valence-electron chi connectivity index (χ3n) is 5.28. The number of amides is 2. The minimum Gasteiger partial charge on any atom is -0.495 e. The normalized spacial score (nSPS) is 14.4. The zero-order valence-electron chi connectivity index (χ0n) is 18.0. The van der Waals surface area contributed by atoms with E-state index in [0.717, 1.165) is 5.56 Å². The number of nitrogens with zero attached hydrogens (tertiary/aromatic N) is 1. The molecule has 3 aromatic rings. The Morgan fingerprint density at radius 3 is 2.56 bits per heavy atom. The molecule has 32 heavy (non-hydrogen) atoms. The molecule has 0 unspecified atom stereocenters. The van der Waals surface area contributed by atoms with Crippen LogP contribution in [-0.2, 0) is 11.3 Å². The van der Waals surface area contributed by atoms with Crippen LogP contribution in [0.4, 0.5) is 11.4 Å². The molecule has 1 aliphatic heterocycles. The molecule has 1 N–H and O–H groups in total. The molecule has 0 aliphatic carbocycles. The molecule has 164 valence electrons. The topological polar surface area (TPSA) is 67.9 Å². The van der Waals surface area contributed by atoms with Gasteiger partial charge in [-0.3, -0.25) is 9.59 Å². The molecule has 0 saturated carbocycles. The van der Waals surface area contributed by atoms with Gasteiger partial charge in [-0.05, 0) is 55.8 Å². The average molecular weight is 451 g/mol. The summed E-state index contributed by atoms with van der Waals surface area (Å²) >= 11 is 6.34. The Morgan fingerprint density at radius 1 is 1.09 bits per heavy atom. The molecule has 0 bridgehead atoms. The maximum Gasteiger partial charge on any atom is 0.271 e. The van der Waals surface area contributed by atoms with Crippen LogP contribution in [0.5, 0.6) is 11.5 Å². The highest BCUT2D eigenvalue weighted by Gasteiger charge is 2.41. The number of rotatable bonds is 5. The SMILES string of the molecule is COc1ccccc1NC(=O)c1ccc2c(c1)N(Cc1ccccc1Cl)C(=O)C(C)(C)O2. The van der Waals surface area contributed by atoms with Gasteiger partial charge in [0, 0.05) is 10.6 Å². The number of hydrogen-bond donors (Lipinski definition) is 1. The second-order valence-electron chi connectivity index (χ2n) is 7.93. The summed E-state index contributed by atoms with van der Waals surface area (Å²) in [4.78, 5) is 27.8. The molecule has 2 amide bonds. The number of halogens is 1. The van der Waals surface area contributed by atoms with Gasteiger partial charge >= 0.3 is 0 Å². The Hall–Kier alpha value is -3.51. The Morgan fingerprint density at radius 2 is 1.81 bits per heavy atom. The highest BCUT2D eigenvalue weighted by molar-refractivity contribution is 6.31. The molecule has 0 fully saturated rings. The van der Waals surface area contributed by atoms with Crippen molar-refractivity contribution in [3.8, 4) is 11.5 Å². The smallest absolute Gasteiger partial charge is 0.271 e. The number of ether oxygens (including phenoxy) is 2. The van der Waals surface area contributed by atoms with Gasteiger partial charge in [0.1, 0.15) is 11.5 Å². The Labute approximate surface area is 191 Å². The number of fused-ring (bicyclic) bond motifs is 1. The fourth-order valence-electron chi connectivity index (χ4n) is 3.61. The molecule has 0 aromatic heterocycles. The van der Waals surface area contributed by atoms with E-state index in [1.54, 1.807) is 62.3 Å². The van der Waals surface area contributed by atoms with Crippen molar-refractivity contribution < 1.29 is 19.1 Å². The molecular weight excluding hydrogens is 428 g/mol. The lowest BCUT2D eigenvalue weighted by atomic mass is 10.0. The van der Waals surface area contributed by atoms with E-state index in [-0.39, 0.29) is 18.4 Å². The van der Waals surface area contributed by atoms with Crippen molar-refractivity contribution in [1.82, 2.24) is 0 Å². The number of methoxy groups -OCH3 is 1. The van der Waals surface area contributed by atoms with Crippen LogP contribution in [0.3, 0.4) is 0 Å². The van der Waals surface area contributed by atoms with Crippen molar-refractivity contribution in [3.63, 3.8) is 0 Å². The summed E-state index contributed by atoms with van der Waals surface area (Å²) in [6, 6.07) is 19.6. The van der Waals surface area contributed by atoms with Gasteiger partial charge in [-0.25, -0.2) is 0 Å². The van der Waals surface area contributed by atoms with Crippen molar-refractivity contribution in [2.45, 2.75) is 26.0 Å². The molecule has 4 rings (SSSR count). The molecule has 3 aromatic carbocycles. The van der Waals surface area contributed by atoms with Gasteiger partial charge in [0.15, 0.2) is 5.60 Å². The largest absolute Gasteiger partial charge is 0.495 e. The van der Waals surface area contributed by atoms with Crippen molar-refractivity contribution in [2.24, 2.45) is 0 Å². The standard InChI is InChI=1S/C25H23ClN2O4/c1-25(2)24(30)28(15-17-8-4-5-9-18(17)26)20-14-16(12-13-22(20)32-25)23(29)27-19-10-6-7-11-21(19)31-3/h4-14H,15H2,1-3H3,(H,27,29). The number of para-hydroxylation sites is 2. The second kappa shape index (κ2) is 8.55. The highest BCUT2D eigenvalue weighted by atomic mass is 35.5. The number of nitrogens with one attached hydrogen (secondary N) is 1. The van der Waals surface area contributed by atoms with Crippen LogP contribution in [0.2, 0.25) is 5.02 Å². The third-order valence-corrected chi connectivity index (χ3v) is 5.65. The molecule has 0 spiro atoms. The van der Waals surface area contributed by atoms with Gasteiger partial charge in [0.05, 0.1) is 25.0 Å². The van der Waals surface area contributed by atoms with Crippen LogP contribution in [0.1, 0.15) is 29.8 Å². The van der Waals surface area contributed by atoms with E-state index in [0.29, 0.717) is 33.5 Å². The van der Waals surface area contributed by atoms with Gasteiger partial charge < -0.3 is 19.7 Å². The first-order valence-electron chi connectivity index (χ1n) is 10.1. The van der Waals surface area contributed by atoms with Gasteiger partial charge in [-0.1, -0.05) is 41.9 Å². The first-order valence-corrected chi connectivity index (χ1v) is 10.5. The zero-order valence-corrected chi connectivity index (χ0v) is 18.8. The second-order valence-corrected chi connectivity index (χ2v) is 8.34. The molecule has 0 atom stereocenters. The molecule has 7 heteroatoms. The maximum absolute atomic E-state index is 13.2. The maximum atomic E-state index is 13.2. The van der Waals surface area contributed by atoms with Gasteiger partial charge in [-0.2, -0.15) is 0 Å². The minimum absolute atomic E-state index is 0.216. The minimum atomic E-state index is -1.05. The first kappa shape index (κ1) is 21.7. The number of hydrogen-bond acceptors (Lipinski definition) is 4. The molecule has 6 nitrogen and oxygen atoms in total. The van der Waals surface area contributed by atoms with Crippen molar-refractivity contribution >= 4 is 34.8 Å². The summed E-state index contributed by atoms with van der Waals surface area (Å²) in [5.41, 5.74) is 1.21. The monoisotopic (exact) mass is 450 g/mol. The lowest BCUT2D eigenvalue weighted by Gasteiger charge is -2.39. The summed E-state index contributed by atoms with van der Waals surface area (Å²) in [6.07, 6.45) is 0. The van der Waals surface area contributed by atoms with Crippen molar-refractivity contribution in [2.75, 3.05) is 17.3 Å². The fourth-order valence-corrected chi connectivity index (χ4v) is 3.80. The Kier molecular flexibility index (Phi) is 5.80. The van der Waals surface area contributed by atoms with Gasteiger partial charge in [0.2, 0.25) is 0 Å². The lowest BCUT2D eigenvalue weighted by Crippen LogP contribution is -2.52. The van der Waals surface area contributed by atoms with Crippen LogP contribution in [0, 0.1) is 0 Å². The Balaban J connectivity index is 1.70. The number of carbonyl (C=O) groups is 2. The molecule has 1 aliphatic rings. The summed E-state index contributed by atoms with van der Waals surface area (Å²) in [7, 11) is 1.54. The molecule has 1 heterocycles. The quantitative estimate of drug-likeness (QED) is 0.572. The average Bonchev–Trinajstić information content (AvgIpc) is 2.78.